The lowest BCUT2D eigenvalue weighted by Crippen LogP contribution is -2.38. The quantitative estimate of drug-likeness (QED) is 0.506. The number of aromatic nitrogens is 2. The summed E-state index contributed by atoms with van der Waals surface area (Å²) in [6.07, 6.45) is 3.54. The summed E-state index contributed by atoms with van der Waals surface area (Å²) in [5.74, 6) is 1.60. The number of nitrogens with one attached hydrogen (secondary N) is 1. The number of allylic oxidation sites excluding steroid dienone is 1. The molecule has 0 saturated carbocycles. The predicted octanol–water partition coefficient (Wildman–Crippen LogP) is 5.85. The van der Waals surface area contributed by atoms with Gasteiger partial charge in [0.2, 0.25) is 0 Å². The summed E-state index contributed by atoms with van der Waals surface area (Å²) < 4.78 is 7.43. The highest BCUT2D eigenvalue weighted by Gasteiger charge is 2.39. The van der Waals surface area contributed by atoms with E-state index in [1.807, 2.05) is 59.0 Å². The number of ether oxygens (including phenoxy) is 1. The van der Waals surface area contributed by atoms with Crippen LogP contribution >= 0.6 is 23.2 Å². The second-order valence-electron chi connectivity index (χ2n) is 8.30. The molecular weight excluding hydrogens is 459 g/mol. The van der Waals surface area contributed by atoms with Crippen LogP contribution in [0.15, 0.2) is 66.0 Å². The van der Waals surface area contributed by atoms with Crippen LogP contribution in [0.3, 0.4) is 0 Å². The van der Waals surface area contributed by atoms with Crippen LogP contribution in [-0.2, 0) is 4.79 Å². The number of halogens is 2. The number of hydrogen-bond acceptors (Lipinski definition) is 4. The average Bonchev–Trinajstić information content (AvgIpc) is 3.49. The molecule has 8 heteroatoms. The van der Waals surface area contributed by atoms with Gasteiger partial charge in [-0.1, -0.05) is 47.5 Å². The van der Waals surface area contributed by atoms with Gasteiger partial charge in [0, 0.05) is 23.9 Å². The van der Waals surface area contributed by atoms with E-state index in [4.69, 9.17) is 27.9 Å². The Morgan fingerprint density at radius 1 is 1.15 bits per heavy atom. The van der Waals surface area contributed by atoms with Crippen molar-refractivity contribution in [1.29, 1.82) is 0 Å². The van der Waals surface area contributed by atoms with Gasteiger partial charge in [-0.25, -0.2) is 4.68 Å². The number of carbonyl (C=O) groups excluding carboxylic acids is 1. The lowest BCUT2D eigenvalue weighted by atomic mass is 9.93. The molecule has 3 aromatic rings. The highest BCUT2D eigenvalue weighted by Crippen LogP contribution is 2.42. The van der Waals surface area contributed by atoms with Gasteiger partial charge in [-0.15, -0.1) is 0 Å². The second kappa shape index (κ2) is 8.76. The minimum Gasteiger partial charge on any atom is -0.496 e. The third-order valence-electron chi connectivity index (χ3n) is 6.41. The van der Waals surface area contributed by atoms with Crippen LogP contribution in [0, 0.1) is 0 Å². The monoisotopic (exact) mass is 482 g/mol. The highest BCUT2D eigenvalue weighted by molar-refractivity contribution is 6.42. The Kier molecular flexibility index (Phi) is 5.81. The Labute approximate surface area is 202 Å². The molecule has 0 bridgehead atoms. The van der Waals surface area contributed by atoms with Gasteiger partial charge >= 0.3 is 0 Å². The number of fused-ring (bicyclic) bond motifs is 1. The molecule has 5 rings (SSSR count). The number of anilines is 1. The first-order valence-electron chi connectivity index (χ1n) is 10.9. The largest absolute Gasteiger partial charge is 0.496 e. The first kappa shape index (κ1) is 21.9. The van der Waals surface area contributed by atoms with Gasteiger partial charge in [-0.05, 0) is 43.5 Å². The first-order valence-corrected chi connectivity index (χ1v) is 11.7. The van der Waals surface area contributed by atoms with Crippen molar-refractivity contribution in [1.82, 2.24) is 14.7 Å². The number of carbonyl (C=O) groups is 1. The molecule has 6 nitrogen and oxygen atoms in total. The van der Waals surface area contributed by atoms with Crippen LogP contribution in [0.25, 0.3) is 0 Å². The van der Waals surface area contributed by atoms with Crippen molar-refractivity contribution in [2.24, 2.45) is 0 Å². The van der Waals surface area contributed by atoms with E-state index in [1.165, 1.54) is 0 Å². The van der Waals surface area contributed by atoms with Crippen molar-refractivity contribution < 1.29 is 9.53 Å². The zero-order valence-corrected chi connectivity index (χ0v) is 19.9. The highest BCUT2D eigenvalue weighted by atomic mass is 35.5. The Morgan fingerprint density at radius 2 is 1.97 bits per heavy atom. The van der Waals surface area contributed by atoms with Crippen LogP contribution < -0.4 is 10.1 Å². The molecule has 0 spiro atoms. The van der Waals surface area contributed by atoms with Crippen molar-refractivity contribution in [2.75, 3.05) is 19.0 Å². The van der Waals surface area contributed by atoms with Gasteiger partial charge in [-0.2, -0.15) is 5.10 Å². The Bertz CT molecular complexity index is 1250. The van der Waals surface area contributed by atoms with Crippen molar-refractivity contribution in [3.05, 3.63) is 87.2 Å². The van der Waals surface area contributed by atoms with Gasteiger partial charge in [0.15, 0.2) is 0 Å². The molecule has 33 heavy (non-hydrogen) atoms. The van der Waals surface area contributed by atoms with Crippen LogP contribution in [0.1, 0.15) is 43.0 Å². The topological polar surface area (TPSA) is 59.4 Å². The molecule has 2 aromatic carbocycles. The molecule has 1 fully saturated rings. The van der Waals surface area contributed by atoms with Crippen molar-refractivity contribution in [2.45, 2.75) is 31.8 Å². The SMILES string of the molecule is COc1ccccc1C1CCCN1C(=O)C1=C(C)Nc2ccnn2C1c1ccc(Cl)c(Cl)c1. The summed E-state index contributed by atoms with van der Waals surface area (Å²) >= 11 is 12.5. The summed E-state index contributed by atoms with van der Waals surface area (Å²) in [5, 5.41) is 8.78. The maximum Gasteiger partial charge on any atom is 0.254 e. The maximum atomic E-state index is 14.1. The number of benzene rings is 2. The molecule has 0 aliphatic carbocycles. The molecule has 1 amide bonds. The summed E-state index contributed by atoms with van der Waals surface area (Å²) in [7, 11) is 1.66. The van der Waals surface area contributed by atoms with E-state index in [9.17, 15) is 4.79 Å². The van der Waals surface area contributed by atoms with E-state index in [-0.39, 0.29) is 11.9 Å². The molecule has 3 heterocycles. The van der Waals surface area contributed by atoms with Crippen molar-refractivity contribution in [3.63, 3.8) is 0 Å². The Hall–Kier alpha value is -2.96. The molecule has 2 aliphatic heterocycles. The van der Waals surface area contributed by atoms with E-state index < -0.39 is 6.04 Å². The first-order chi connectivity index (χ1) is 16.0. The molecular formula is C25H24Cl2N4O2. The van der Waals surface area contributed by atoms with E-state index >= 15 is 0 Å². The van der Waals surface area contributed by atoms with E-state index in [2.05, 4.69) is 10.4 Å². The van der Waals surface area contributed by atoms with E-state index in [1.54, 1.807) is 19.4 Å². The minimum atomic E-state index is -0.419. The molecule has 170 valence electrons. The van der Waals surface area contributed by atoms with Crippen molar-refractivity contribution >= 4 is 34.9 Å². The van der Waals surface area contributed by atoms with E-state index in [0.29, 0.717) is 22.2 Å². The zero-order chi connectivity index (χ0) is 23.1. The lowest BCUT2D eigenvalue weighted by molar-refractivity contribution is -0.128. The fourth-order valence-electron chi connectivity index (χ4n) is 4.90. The number of nitrogens with zero attached hydrogens (tertiary/aromatic N) is 3. The van der Waals surface area contributed by atoms with Crippen LogP contribution in [0.4, 0.5) is 5.82 Å². The molecule has 2 unspecified atom stereocenters. The number of para-hydroxylation sites is 1. The number of likely N-dealkylation sites (tertiary alicyclic amines) is 1. The third-order valence-corrected chi connectivity index (χ3v) is 7.15. The smallest absolute Gasteiger partial charge is 0.254 e. The summed E-state index contributed by atoms with van der Waals surface area (Å²) in [4.78, 5) is 16.1. The average molecular weight is 483 g/mol. The Morgan fingerprint density at radius 3 is 2.76 bits per heavy atom. The summed E-state index contributed by atoms with van der Waals surface area (Å²) in [5.41, 5.74) is 3.33. The molecule has 1 aromatic heterocycles. The maximum absolute atomic E-state index is 14.1. The number of amides is 1. The Balaban J connectivity index is 1.58. The summed E-state index contributed by atoms with van der Waals surface area (Å²) in [6.45, 7) is 2.61. The second-order valence-corrected chi connectivity index (χ2v) is 9.11. The molecule has 2 atom stereocenters. The fraction of sp³-hybridized carbons (Fsp3) is 0.280. The van der Waals surface area contributed by atoms with Crippen LogP contribution in [-0.4, -0.2) is 34.2 Å². The molecule has 0 radical (unpaired) electrons. The van der Waals surface area contributed by atoms with Gasteiger partial charge in [0.05, 0.1) is 35.0 Å². The number of methoxy groups -OCH3 is 1. The zero-order valence-electron chi connectivity index (χ0n) is 18.4. The standard InChI is InChI=1S/C25H24Cl2N4O2/c1-15-23(25(32)30-13-5-7-20(30)17-6-3-4-8-21(17)33-2)24(31-22(29-15)11-12-28-31)16-9-10-18(26)19(27)14-16/h3-4,6,8-12,14,20,24,29H,5,7,13H2,1-2H3. The van der Waals surface area contributed by atoms with Gasteiger partial charge in [0.25, 0.3) is 5.91 Å². The number of hydrogen-bond donors (Lipinski definition) is 1. The third kappa shape index (κ3) is 3.77. The van der Waals surface area contributed by atoms with Crippen molar-refractivity contribution in [3.8, 4) is 5.75 Å². The number of rotatable bonds is 4. The van der Waals surface area contributed by atoms with Gasteiger partial charge in [0.1, 0.15) is 17.6 Å². The van der Waals surface area contributed by atoms with Crippen LogP contribution in [0.2, 0.25) is 10.0 Å². The van der Waals surface area contributed by atoms with Gasteiger partial charge < -0.3 is 15.0 Å². The normalized spacial score (nSPS) is 19.9. The summed E-state index contributed by atoms with van der Waals surface area (Å²) in [6, 6.07) is 14.8. The molecule has 1 N–H and O–H groups in total. The fourth-order valence-corrected chi connectivity index (χ4v) is 5.21. The lowest BCUT2D eigenvalue weighted by Gasteiger charge is -2.34. The van der Waals surface area contributed by atoms with Gasteiger partial charge in [-0.3, -0.25) is 4.79 Å². The van der Waals surface area contributed by atoms with Crippen LogP contribution in [0.5, 0.6) is 5.75 Å². The minimum absolute atomic E-state index is 0.0226. The van der Waals surface area contributed by atoms with E-state index in [0.717, 1.165) is 41.2 Å². The predicted molar refractivity (Wildman–Crippen MR) is 130 cm³/mol. The molecule has 2 aliphatic rings. The molecule has 1 saturated heterocycles.